The van der Waals surface area contributed by atoms with Crippen molar-refractivity contribution in [3.8, 4) is 0 Å². The van der Waals surface area contributed by atoms with Gasteiger partial charge in [-0.25, -0.2) is 0 Å². The molecule has 1 aliphatic rings. The van der Waals surface area contributed by atoms with Crippen molar-refractivity contribution in [1.29, 1.82) is 0 Å². The largest absolute Gasteiger partial charge is 0.303 e. The lowest BCUT2D eigenvalue weighted by atomic mass is 9.83. The molecule has 1 heterocycles. The number of hydrogen-bond acceptors (Lipinski definition) is 1. The summed E-state index contributed by atoms with van der Waals surface area (Å²) in [6.45, 7) is 10.4. The molecule has 0 aromatic heterocycles. The molecule has 1 unspecified atom stereocenters. The number of nitrogens with zero attached hydrogens (tertiary/aromatic N) is 1. The second-order valence-electron chi connectivity index (χ2n) is 4.52. The van der Waals surface area contributed by atoms with Crippen molar-refractivity contribution in [3.63, 3.8) is 0 Å². The quantitative estimate of drug-likeness (QED) is 0.604. The summed E-state index contributed by atoms with van der Waals surface area (Å²) in [7, 11) is 0. The lowest BCUT2D eigenvalue weighted by Gasteiger charge is -2.41. The summed E-state index contributed by atoms with van der Waals surface area (Å²) >= 11 is 6.25. The Morgan fingerprint density at radius 2 is 2.17 bits per heavy atom. The molecule has 0 bridgehead atoms. The smallest absolute Gasteiger partial charge is 0.0411 e. The molecule has 0 aromatic rings. The van der Waals surface area contributed by atoms with Crippen molar-refractivity contribution in [2.24, 2.45) is 5.41 Å². The summed E-state index contributed by atoms with van der Waals surface area (Å²) in [6.07, 6.45) is 2.40. The van der Waals surface area contributed by atoms with Crippen LogP contribution in [0.2, 0.25) is 0 Å². The van der Waals surface area contributed by atoms with E-state index in [9.17, 15) is 0 Å². The average molecular weight is 190 g/mol. The van der Waals surface area contributed by atoms with Gasteiger partial charge in [-0.1, -0.05) is 20.8 Å². The fourth-order valence-corrected chi connectivity index (χ4v) is 2.11. The molecule has 72 valence electrons. The zero-order chi connectivity index (χ0) is 9.19. The lowest BCUT2D eigenvalue weighted by molar-refractivity contribution is 0.122. The molecule has 12 heavy (non-hydrogen) atoms. The summed E-state index contributed by atoms with van der Waals surface area (Å²) in [5.41, 5.74) is 0.301. The van der Waals surface area contributed by atoms with Crippen LogP contribution in [0.4, 0.5) is 0 Å². The van der Waals surface area contributed by atoms with Crippen LogP contribution in [0, 0.1) is 5.41 Å². The predicted molar refractivity (Wildman–Crippen MR) is 54.8 cm³/mol. The van der Waals surface area contributed by atoms with Gasteiger partial charge in [0.1, 0.15) is 0 Å². The Hall–Kier alpha value is 0.250. The van der Waals surface area contributed by atoms with Crippen molar-refractivity contribution >= 4 is 11.6 Å². The van der Waals surface area contributed by atoms with Crippen LogP contribution in [0.15, 0.2) is 0 Å². The minimum atomic E-state index is 0.301. The Balaban J connectivity index is 2.45. The lowest BCUT2D eigenvalue weighted by Crippen LogP contribution is -2.46. The first kappa shape index (κ1) is 10.3. The van der Waals surface area contributed by atoms with Crippen LogP contribution in [0.3, 0.4) is 0 Å². The predicted octanol–water partition coefficient (Wildman–Crippen LogP) is 2.74. The summed E-state index contributed by atoms with van der Waals surface area (Å²) in [4.78, 5) is 2.53. The maximum absolute atomic E-state index is 6.25. The van der Waals surface area contributed by atoms with Crippen LogP contribution >= 0.6 is 11.6 Å². The van der Waals surface area contributed by atoms with Crippen LogP contribution in [0.25, 0.3) is 0 Å². The van der Waals surface area contributed by atoms with Crippen molar-refractivity contribution in [1.82, 2.24) is 4.90 Å². The maximum Gasteiger partial charge on any atom is 0.0411 e. The first-order chi connectivity index (χ1) is 5.56. The number of likely N-dealkylation sites (tertiary alicyclic amines) is 1. The van der Waals surface area contributed by atoms with E-state index in [0.717, 1.165) is 13.0 Å². The third kappa shape index (κ3) is 2.37. The molecule has 0 N–H and O–H groups in total. The van der Waals surface area contributed by atoms with E-state index < -0.39 is 0 Å². The van der Waals surface area contributed by atoms with Gasteiger partial charge in [-0.05, 0) is 31.3 Å². The van der Waals surface area contributed by atoms with Crippen molar-refractivity contribution in [2.45, 2.75) is 39.0 Å². The zero-order valence-electron chi connectivity index (χ0n) is 8.44. The molecule has 2 heteroatoms. The Morgan fingerprint density at radius 1 is 1.50 bits per heavy atom. The second-order valence-corrected chi connectivity index (χ2v) is 5.05. The first-order valence-corrected chi connectivity index (χ1v) is 5.36. The monoisotopic (exact) mass is 189 g/mol. The molecule has 1 aliphatic heterocycles. The highest BCUT2D eigenvalue weighted by atomic mass is 35.5. The Labute approximate surface area is 81.1 Å². The highest BCUT2D eigenvalue weighted by Gasteiger charge is 2.33. The van der Waals surface area contributed by atoms with Crippen LogP contribution in [0.1, 0.15) is 33.6 Å². The fraction of sp³-hybridized carbons (Fsp3) is 1.00. The molecule has 0 amide bonds. The molecule has 0 aliphatic carbocycles. The second kappa shape index (κ2) is 3.97. The molecular weight excluding hydrogens is 170 g/mol. The molecule has 0 radical (unpaired) electrons. The molecule has 1 nitrogen and oxygen atoms in total. The summed E-state index contributed by atoms with van der Waals surface area (Å²) in [5.74, 6) is 0. The van der Waals surface area contributed by atoms with E-state index in [1.54, 1.807) is 0 Å². The Bertz CT molecular complexity index is 145. The fourth-order valence-electron chi connectivity index (χ4n) is 1.95. The topological polar surface area (TPSA) is 3.24 Å². The van der Waals surface area contributed by atoms with Crippen LogP contribution in [0.5, 0.6) is 0 Å². The molecule has 1 atom stereocenters. The van der Waals surface area contributed by atoms with Gasteiger partial charge in [0.15, 0.2) is 0 Å². The van der Waals surface area contributed by atoms with E-state index in [1.807, 2.05) is 0 Å². The molecule has 1 fully saturated rings. The summed E-state index contributed by atoms with van der Waals surface area (Å²) in [5, 5.41) is 0.366. The number of alkyl halides is 1. The molecule has 0 saturated carbocycles. The Morgan fingerprint density at radius 3 is 2.67 bits per heavy atom. The molecule has 0 aromatic carbocycles. The van der Waals surface area contributed by atoms with Crippen LogP contribution in [-0.2, 0) is 0 Å². The molecular formula is C10H20ClN. The standard InChI is InChI=1S/C10H20ClN/c1-4-6-12-7-5-9(11)10(2,3)8-12/h9H,4-8H2,1-3H3. The van der Waals surface area contributed by atoms with E-state index in [4.69, 9.17) is 11.6 Å². The normalized spacial score (nSPS) is 30.5. The average Bonchev–Trinajstić information content (AvgIpc) is 1.97. The SMILES string of the molecule is CCCN1CCC(Cl)C(C)(C)C1. The maximum atomic E-state index is 6.25. The number of piperidine rings is 1. The van der Waals surface area contributed by atoms with Gasteiger partial charge in [-0.15, -0.1) is 11.6 Å². The van der Waals surface area contributed by atoms with E-state index in [0.29, 0.717) is 10.8 Å². The summed E-state index contributed by atoms with van der Waals surface area (Å²) in [6, 6.07) is 0. The van der Waals surface area contributed by atoms with Crippen molar-refractivity contribution in [2.75, 3.05) is 19.6 Å². The highest BCUT2D eigenvalue weighted by molar-refractivity contribution is 6.21. The summed E-state index contributed by atoms with van der Waals surface area (Å²) < 4.78 is 0. The van der Waals surface area contributed by atoms with Gasteiger partial charge in [0, 0.05) is 11.9 Å². The van der Waals surface area contributed by atoms with E-state index in [-0.39, 0.29) is 0 Å². The first-order valence-electron chi connectivity index (χ1n) is 4.92. The van der Waals surface area contributed by atoms with Gasteiger partial charge in [0.2, 0.25) is 0 Å². The Kier molecular flexibility index (Phi) is 3.42. The third-order valence-electron chi connectivity index (χ3n) is 2.72. The van der Waals surface area contributed by atoms with Gasteiger partial charge in [0.05, 0.1) is 0 Å². The van der Waals surface area contributed by atoms with Crippen molar-refractivity contribution in [3.05, 3.63) is 0 Å². The molecule has 1 saturated heterocycles. The molecule has 1 rings (SSSR count). The van der Waals surface area contributed by atoms with E-state index in [2.05, 4.69) is 25.7 Å². The zero-order valence-corrected chi connectivity index (χ0v) is 9.19. The van der Waals surface area contributed by atoms with Gasteiger partial charge < -0.3 is 4.90 Å². The van der Waals surface area contributed by atoms with E-state index >= 15 is 0 Å². The van der Waals surface area contributed by atoms with Crippen LogP contribution in [-0.4, -0.2) is 29.9 Å². The van der Waals surface area contributed by atoms with Gasteiger partial charge >= 0.3 is 0 Å². The van der Waals surface area contributed by atoms with E-state index in [1.165, 1.54) is 19.5 Å². The van der Waals surface area contributed by atoms with Crippen molar-refractivity contribution < 1.29 is 0 Å². The highest BCUT2D eigenvalue weighted by Crippen LogP contribution is 2.33. The van der Waals surface area contributed by atoms with Gasteiger partial charge in [0.25, 0.3) is 0 Å². The third-order valence-corrected chi connectivity index (χ3v) is 3.53. The molecule has 0 spiro atoms. The minimum absolute atomic E-state index is 0.301. The van der Waals surface area contributed by atoms with Crippen LogP contribution < -0.4 is 0 Å². The number of hydrogen-bond donors (Lipinski definition) is 0. The number of halogens is 1. The van der Waals surface area contributed by atoms with Gasteiger partial charge in [-0.2, -0.15) is 0 Å². The minimum Gasteiger partial charge on any atom is -0.303 e. The number of rotatable bonds is 2. The van der Waals surface area contributed by atoms with Gasteiger partial charge in [-0.3, -0.25) is 0 Å².